The molecule has 4 unspecified atom stereocenters. The zero-order valence-electron chi connectivity index (χ0n) is 8.44. The average molecular weight is 205 g/mol. The van der Waals surface area contributed by atoms with Gasteiger partial charge in [-0.1, -0.05) is 6.42 Å². The van der Waals surface area contributed by atoms with Crippen LogP contribution in [-0.2, 0) is 4.79 Å². The molecule has 2 N–H and O–H groups in total. The van der Waals surface area contributed by atoms with Gasteiger partial charge in [-0.2, -0.15) is 0 Å². The van der Waals surface area contributed by atoms with Gasteiger partial charge >= 0.3 is 5.97 Å². The van der Waals surface area contributed by atoms with Gasteiger partial charge in [-0.3, -0.25) is 15.0 Å². The van der Waals surface area contributed by atoms with E-state index in [0.29, 0.717) is 18.0 Å². The maximum atomic E-state index is 11.0. The van der Waals surface area contributed by atoms with E-state index in [2.05, 4.69) is 10.2 Å². The Kier molecular flexibility index (Phi) is 2.92. The van der Waals surface area contributed by atoms with Crippen molar-refractivity contribution < 1.29 is 9.90 Å². The molecule has 4 atom stereocenters. The molecule has 0 amide bonds. The van der Waals surface area contributed by atoms with Crippen molar-refractivity contribution >= 4 is 35.5 Å². The van der Waals surface area contributed by atoms with Crippen molar-refractivity contribution in [1.29, 1.82) is 0 Å². The number of carboxylic acids is 1. The summed E-state index contributed by atoms with van der Waals surface area (Å²) in [5, 5.41) is 12.4. The van der Waals surface area contributed by atoms with Crippen molar-refractivity contribution in [2.45, 2.75) is 37.4 Å². The molecule has 2 heterocycles. The molecule has 1 saturated carbocycles. The van der Waals surface area contributed by atoms with Crippen molar-refractivity contribution in [3.05, 3.63) is 0 Å². The summed E-state index contributed by atoms with van der Waals surface area (Å²) in [6.45, 7) is 0.781. The van der Waals surface area contributed by atoms with Gasteiger partial charge in [-0.25, -0.2) is 0 Å². The van der Waals surface area contributed by atoms with Crippen LogP contribution in [0.15, 0.2) is 0 Å². The fourth-order valence-corrected chi connectivity index (χ4v) is 3.34. The molecule has 2 saturated heterocycles. The Morgan fingerprint density at radius 1 is 1.43 bits per heavy atom. The summed E-state index contributed by atoms with van der Waals surface area (Å²) in [5.74, 6) is -0.211. The van der Waals surface area contributed by atoms with E-state index in [1.54, 1.807) is 0 Å². The SMILES string of the molecule is O=C(O)C1C2CCCC3NCN1C32.[Na]. The van der Waals surface area contributed by atoms with E-state index in [-0.39, 0.29) is 35.6 Å². The van der Waals surface area contributed by atoms with Gasteiger partial charge in [0.1, 0.15) is 6.04 Å². The topological polar surface area (TPSA) is 52.6 Å². The molecule has 0 aromatic carbocycles. The predicted octanol–water partition coefficient (Wildman–Crippen LogP) is -0.528. The van der Waals surface area contributed by atoms with Crippen molar-refractivity contribution in [2.75, 3.05) is 6.67 Å². The first-order valence-corrected chi connectivity index (χ1v) is 5.01. The monoisotopic (exact) mass is 205 g/mol. The molecule has 0 aromatic heterocycles. The van der Waals surface area contributed by atoms with Gasteiger partial charge in [0.05, 0.1) is 0 Å². The zero-order valence-corrected chi connectivity index (χ0v) is 10.4. The molecule has 3 aliphatic rings. The Morgan fingerprint density at radius 2 is 2.21 bits per heavy atom. The Bertz CT molecular complexity index is 261. The summed E-state index contributed by atoms with van der Waals surface area (Å²) in [4.78, 5) is 13.1. The summed E-state index contributed by atoms with van der Waals surface area (Å²) >= 11 is 0. The third-order valence-electron chi connectivity index (χ3n) is 3.84. The third-order valence-corrected chi connectivity index (χ3v) is 3.84. The number of carbonyl (C=O) groups is 1. The van der Waals surface area contributed by atoms with Crippen LogP contribution in [0.5, 0.6) is 0 Å². The number of nitrogens with one attached hydrogen (secondary N) is 1. The van der Waals surface area contributed by atoms with Crippen molar-refractivity contribution in [2.24, 2.45) is 5.92 Å². The molecule has 0 spiro atoms. The molecular formula is C9H14N2NaO2. The number of carboxylic acid groups (broad SMARTS) is 1. The first-order chi connectivity index (χ1) is 6.29. The van der Waals surface area contributed by atoms with Crippen LogP contribution >= 0.6 is 0 Å². The van der Waals surface area contributed by atoms with Gasteiger partial charge in [-0.05, 0) is 12.8 Å². The molecule has 1 aliphatic carbocycles. The van der Waals surface area contributed by atoms with Gasteiger partial charge in [-0.15, -0.1) is 0 Å². The average Bonchev–Trinajstić information content (AvgIpc) is 2.43. The van der Waals surface area contributed by atoms with E-state index in [4.69, 9.17) is 5.11 Å². The molecule has 73 valence electrons. The summed E-state index contributed by atoms with van der Waals surface area (Å²) in [6.07, 6.45) is 3.52. The Balaban J connectivity index is 0.000000750. The summed E-state index contributed by atoms with van der Waals surface area (Å²) in [5.41, 5.74) is 0. The van der Waals surface area contributed by atoms with E-state index < -0.39 is 5.97 Å². The molecule has 2 aliphatic heterocycles. The molecule has 5 heteroatoms. The number of nitrogens with zero attached hydrogens (tertiary/aromatic N) is 1. The molecule has 0 aromatic rings. The minimum absolute atomic E-state index is 0. The number of hydrogen-bond acceptors (Lipinski definition) is 3. The summed E-state index contributed by atoms with van der Waals surface area (Å²) in [6, 6.07) is 0.923. The van der Waals surface area contributed by atoms with Crippen LogP contribution in [0.2, 0.25) is 0 Å². The molecule has 3 fully saturated rings. The van der Waals surface area contributed by atoms with Crippen molar-refractivity contribution in [1.82, 2.24) is 10.2 Å². The van der Waals surface area contributed by atoms with Crippen LogP contribution in [0.25, 0.3) is 0 Å². The van der Waals surface area contributed by atoms with Crippen molar-refractivity contribution in [3.8, 4) is 0 Å². The number of aliphatic carboxylic acids is 1. The Morgan fingerprint density at radius 3 is 2.93 bits per heavy atom. The van der Waals surface area contributed by atoms with E-state index in [9.17, 15) is 4.79 Å². The smallest absolute Gasteiger partial charge is 0.321 e. The van der Waals surface area contributed by atoms with Gasteiger partial charge in [0, 0.05) is 54.2 Å². The van der Waals surface area contributed by atoms with Gasteiger partial charge in [0.25, 0.3) is 0 Å². The van der Waals surface area contributed by atoms with E-state index in [0.717, 1.165) is 13.1 Å². The summed E-state index contributed by atoms with van der Waals surface area (Å²) < 4.78 is 0. The van der Waals surface area contributed by atoms with Gasteiger partial charge in [0.2, 0.25) is 0 Å². The minimum Gasteiger partial charge on any atom is -0.480 e. The van der Waals surface area contributed by atoms with Gasteiger partial charge in [0.15, 0.2) is 0 Å². The minimum atomic E-state index is -0.634. The number of rotatable bonds is 1. The first kappa shape index (κ1) is 10.9. The van der Waals surface area contributed by atoms with Crippen LogP contribution in [0.4, 0.5) is 0 Å². The molecule has 14 heavy (non-hydrogen) atoms. The first-order valence-electron chi connectivity index (χ1n) is 5.01. The molecule has 1 radical (unpaired) electrons. The van der Waals surface area contributed by atoms with Gasteiger partial charge < -0.3 is 5.11 Å². The van der Waals surface area contributed by atoms with Crippen LogP contribution < -0.4 is 5.32 Å². The maximum absolute atomic E-state index is 11.0. The van der Waals surface area contributed by atoms with E-state index in [1.165, 1.54) is 12.8 Å². The van der Waals surface area contributed by atoms with E-state index in [1.807, 2.05) is 0 Å². The Labute approximate surface area is 105 Å². The molecule has 3 rings (SSSR count). The largest absolute Gasteiger partial charge is 0.480 e. The standard InChI is InChI=1S/C9H14N2O2.Na/c12-9(13)8-5-2-1-3-6-7(5)11(8)4-10-6;/h5-8,10H,1-4H2,(H,12,13);. The van der Waals surface area contributed by atoms with Crippen molar-refractivity contribution in [3.63, 3.8) is 0 Å². The second-order valence-electron chi connectivity index (χ2n) is 4.35. The van der Waals surface area contributed by atoms with Crippen LogP contribution in [0.3, 0.4) is 0 Å². The fraction of sp³-hybridized carbons (Fsp3) is 0.889. The summed E-state index contributed by atoms with van der Waals surface area (Å²) in [7, 11) is 0. The quantitative estimate of drug-likeness (QED) is 0.565. The Hall–Kier alpha value is 0.390. The zero-order chi connectivity index (χ0) is 9.00. The van der Waals surface area contributed by atoms with Crippen LogP contribution in [0, 0.1) is 5.92 Å². The predicted molar refractivity (Wildman–Crippen MR) is 51.9 cm³/mol. The second kappa shape index (κ2) is 3.76. The number of hydrogen-bond donors (Lipinski definition) is 2. The van der Waals surface area contributed by atoms with Crippen LogP contribution in [0.1, 0.15) is 19.3 Å². The normalized spacial score (nSPS) is 44.9. The third kappa shape index (κ3) is 1.28. The molecule has 4 nitrogen and oxygen atoms in total. The maximum Gasteiger partial charge on any atom is 0.321 e. The van der Waals surface area contributed by atoms with Crippen LogP contribution in [-0.4, -0.2) is 70.3 Å². The second-order valence-corrected chi connectivity index (χ2v) is 4.35. The fourth-order valence-electron chi connectivity index (χ4n) is 3.34. The molecule has 0 bridgehead atoms. The molecular weight excluding hydrogens is 191 g/mol. The van der Waals surface area contributed by atoms with E-state index >= 15 is 0 Å².